The normalized spacial score (nSPS) is 17.6. The van der Waals surface area contributed by atoms with Crippen molar-refractivity contribution in [2.45, 2.75) is 44.1 Å². The summed E-state index contributed by atoms with van der Waals surface area (Å²) in [6.45, 7) is 2.47. The molecule has 37 heavy (non-hydrogen) atoms. The second-order valence-electron chi connectivity index (χ2n) is 9.34. The molecule has 200 valence electrons. The zero-order valence-electron chi connectivity index (χ0n) is 20.4. The van der Waals surface area contributed by atoms with E-state index < -0.39 is 29.8 Å². The summed E-state index contributed by atoms with van der Waals surface area (Å²) in [4.78, 5) is 25.7. The monoisotopic (exact) mass is 541 g/mol. The molecule has 2 aromatic carbocycles. The fraction of sp³-hybridized carbons (Fsp3) is 0.462. The largest absolute Gasteiger partial charge is 0.490 e. The number of hydrogen-bond donors (Lipinski definition) is 0. The minimum atomic E-state index is -5.14. The molecule has 7 nitrogen and oxygen atoms in total. The maximum atomic E-state index is 13.0. The van der Waals surface area contributed by atoms with Crippen LogP contribution in [0.4, 0.5) is 13.2 Å². The first-order chi connectivity index (χ1) is 17.5. The molecule has 0 saturated carbocycles. The number of carbonyl (C=O) groups is 2. The van der Waals surface area contributed by atoms with Crippen LogP contribution in [0.1, 0.15) is 34.3 Å². The van der Waals surface area contributed by atoms with Crippen LogP contribution in [0.3, 0.4) is 0 Å². The Morgan fingerprint density at radius 2 is 1.89 bits per heavy atom. The Hall–Kier alpha value is -2.98. The Morgan fingerprint density at radius 1 is 1.16 bits per heavy atom. The van der Waals surface area contributed by atoms with Crippen LogP contribution in [-0.2, 0) is 20.7 Å². The maximum Gasteiger partial charge on any atom is 0.490 e. The zero-order valence-corrected chi connectivity index (χ0v) is 21.2. The van der Waals surface area contributed by atoms with Gasteiger partial charge in [0.1, 0.15) is 35.4 Å². The molecule has 2 aliphatic heterocycles. The molecule has 1 saturated heterocycles. The lowest BCUT2D eigenvalue weighted by molar-refractivity contribution is -0.206. The topological polar surface area (TPSA) is 74.3 Å². The molecule has 0 amide bonds. The molecule has 11 heteroatoms. The van der Waals surface area contributed by atoms with Gasteiger partial charge in [-0.15, -0.1) is 0 Å². The van der Waals surface area contributed by atoms with Crippen LogP contribution in [0.2, 0.25) is 5.02 Å². The predicted molar refractivity (Wildman–Crippen MR) is 128 cm³/mol. The number of hydrogen-bond acceptors (Lipinski definition) is 7. The third-order valence-corrected chi connectivity index (χ3v) is 6.80. The number of rotatable bonds is 7. The summed E-state index contributed by atoms with van der Waals surface area (Å²) in [5.74, 6) is -2.03. The number of likely N-dealkylation sites (tertiary alicyclic amines) is 1. The van der Waals surface area contributed by atoms with E-state index in [1.807, 2.05) is 17.0 Å². The molecule has 0 unspecified atom stereocenters. The van der Waals surface area contributed by atoms with Crippen molar-refractivity contribution in [2.24, 2.45) is 0 Å². The smallest absolute Gasteiger partial charge is 0.489 e. The summed E-state index contributed by atoms with van der Waals surface area (Å²) in [6.07, 6.45) is -4.38. The van der Waals surface area contributed by atoms with Crippen LogP contribution in [-0.4, -0.2) is 68.1 Å². The lowest BCUT2D eigenvalue weighted by Crippen LogP contribution is -2.50. The molecule has 0 bridgehead atoms. The molecular formula is C26H27ClF3NO6. The number of esters is 2. The molecule has 0 radical (unpaired) electrons. The van der Waals surface area contributed by atoms with Crippen LogP contribution in [0, 0.1) is 6.92 Å². The van der Waals surface area contributed by atoms with Crippen LogP contribution in [0.15, 0.2) is 36.4 Å². The number of nitrogens with zero attached hydrogens (tertiary/aromatic N) is 1. The molecule has 0 aromatic heterocycles. The number of benzene rings is 2. The fourth-order valence-corrected chi connectivity index (χ4v) is 4.87. The van der Waals surface area contributed by atoms with E-state index in [9.17, 15) is 22.8 Å². The van der Waals surface area contributed by atoms with Crippen LogP contribution in [0.5, 0.6) is 11.5 Å². The Labute approximate surface area is 217 Å². The van der Waals surface area contributed by atoms with Crippen LogP contribution in [0.25, 0.3) is 0 Å². The summed E-state index contributed by atoms with van der Waals surface area (Å²) >= 11 is 6.10. The lowest BCUT2D eigenvalue weighted by Gasteiger charge is -2.39. The summed E-state index contributed by atoms with van der Waals surface area (Å²) in [6, 6.07) is 10.3. The quantitative estimate of drug-likeness (QED) is 0.468. The molecule has 0 N–H and O–H groups in total. The molecule has 2 aromatic rings. The van der Waals surface area contributed by atoms with E-state index in [-0.39, 0.29) is 24.5 Å². The van der Waals surface area contributed by atoms with Gasteiger partial charge in [0.25, 0.3) is 0 Å². The van der Waals surface area contributed by atoms with Gasteiger partial charge in [0, 0.05) is 43.9 Å². The predicted octanol–water partition coefficient (Wildman–Crippen LogP) is 4.76. The summed E-state index contributed by atoms with van der Waals surface area (Å²) < 4.78 is 60.3. The van der Waals surface area contributed by atoms with Gasteiger partial charge in [0.05, 0.1) is 7.11 Å². The molecule has 1 fully saturated rings. The Bertz CT molecular complexity index is 1160. The summed E-state index contributed by atoms with van der Waals surface area (Å²) in [5.41, 5.74) is 1.54. The highest BCUT2D eigenvalue weighted by Gasteiger charge is 2.44. The van der Waals surface area contributed by atoms with Gasteiger partial charge in [-0.05, 0) is 42.8 Å². The highest BCUT2D eigenvalue weighted by atomic mass is 35.5. The van der Waals surface area contributed by atoms with Gasteiger partial charge in [0.2, 0.25) is 0 Å². The van der Waals surface area contributed by atoms with Crippen molar-refractivity contribution in [3.05, 3.63) is 58.1 Å². The van der Waals surface area contributed by atoms with Gasteiger partial charge < -0.3 is 18.9 Å². The van der Waals surface area contributed by atoms with Crippen LogP contribution < -0.4 is 9.47 Å². The Balaban J connectivity index is 1.41. The molecule has 0 aliphatic carbocycles. The number of fused-ring (bicyclic) bond motifs is 1. The van der Waals surface area contributed by atoms with Crippen molar-refractivity contribution in [3.8, 4) is 11.5 Å². The van der Waals surface area contributed by atoms with Gasteiger partial charge in [0.15, 0.2) is 0 Å². The second kappa shape index (κ2) is 10.8. The lowest BCUT2D eigenvalue weighted by atomic mass is 9.87. The van der Waals surface area contributed by atoms with E-state index >= 15 is 0 Å². The molecular weight excluding hydrogens is 515 g/mol. The second-order valence-corrected chi connectivity index (χ2v) is 9.78. The molecule has 4 rings (SSSR count). The highest BCUT2D eigenvalue weighted by molar-refractivity contribution is 6.30. The number of methoxy groups -OCH3 is 1. The fourth-order valence-electron chi connectivity index (χ4n) is 4.68. The average molecular weight is 542 g/mol. The number of halogens is 4. The van der Waals surface area contributed by atoms with Gasteiger partial charge in [-0.25, -0.2) is 9.59 Å². The number of aryl methyl sites for hydroxylation is 1. The first kappa shape index (κ1) is 27.1. The van der Waals surface area contributed by atoms with Crippen molar-refractivity contribution in [1.82, 2.24) is 4.90 Å². The van der Waals surface area contributed by atoms with Crippen molar-refractivity contribution < 1.29 is 41.7 Å². The van der Waals surface area contributed by atoms with E-state index in [2.05, 4.69) is 0 Å². The van der Waals surface area contributed by atoms with Crippen molar-refractivity contribution in [3.63, 3.8) is 0 Å². The number of ether oxygens (including phenoxy) is 4. The van der Waals surface area contributed by atoms with E-state index in [0.717, 1.165) is 16.9 Å². The maximum absolute atomic E-state index is 13.0. The van der Waals surface area contributed by atoms with Gasteiger partial charge in [-0.1, -0.05) is 23.2 Å². The van der Waals surface area contributed by atoms with Gasteiger partial charge >= 0.3 is 18.1 Å². The van der Waals surface area contributed by atoms with E-state index in [0.29, 0.717) is 37.4 Å². The number of piperidine rings is 1. The van der Waals surface area contributed by atoms with Crippen molar-refractivity contribution >= 4 is 23.5 Å². The Kier molecular flexibility index (Phi) is 7.89. The summed E-state index contributed by atoms with van der Waals surface area (Å²) in [5, 5.41) is 0.634. The molecule has 2 aliphatic rings. The first-order valence-electron chi connectivity index (χ1n) is 11.8. The van der Waals surface area contributed by atoms with E-state index in [4.69, 9.17) is 30.5 Å². The Morgan fingerprint density at radius 3 is 2.57 bits per heavy atom. The number of alkyl halides is 3. The van der Waals surface area contributed by atoms with E-state index in [1.165, 1.54) is 13.2 Å². The van der Waals surface area contributed by atoms with Gasteiger partial charge in [-0.2, -0.15) is 13.2 Å². The molecule has 2 heterocycles. The highest BCUT2D eigenvalue weighted by Crippen LogP contribution is 2.42. The van der Waals surface area contributed by atoms with Crippen molar-refractivity contribution in [1.29, 1.82) is 0 Å². The number of carbonyl (C=O) groups excluding carboxylic acids is 2. The first-order valence-corrected chi connectivity index (χ1v) is 12.2. The zero-order chi connectivity index (χ0) is 26.8. The van der Waals surface area contributed by atoms with Crippen LogP contribution >= 0.6 is 11.6 Å². The standard InChI is InChI=1S/C26H27ClF3NO6/c1-16-3-5-22(20(11-16)23(32)34-2)35-15-19(36-24(33)26(28,29)30)14-31-9-7-25(8-10-31)13-17-12-18(27)4-6-21(17)37-25/h3-6,11-12,19H,7-10,13-15H2,1-2H3/t19-/m1/s1. The van der Waals surface area contributed by atoms with E-state index in [1.54, 1.807) is 25.1 Å². The van der Waals surface area contributed by atoms with Crippen molar-refractivity contribution in [2.75, 3.05) is 33.4 Å². The van der Waals surface area contributed by atoms with Gasteiger partial charge in [-0.3, -0.25) is 4.90 Å². The molecule has 1 spiro atoms. The minimum Gasteiger partial charge on any atom is -0.489 e. The SMILES string of the molecule is COC(=O)c1cc(C)ccc1OC[C@@H](CN1CCC2(CC1)Cc1cc(Cl)ccc1O2)OC(=O)C(F)(F)F. The third-order valence-electron chi connectivity index (χ3n) is 6.56. The summed E-state index contributed by atoms with van der Waals surface area (Å²) in [7, 11) is 1.21. The third kappa shape index (κ3) is 6.48. The minimum absolute atomic E-state index is 0.0239. The molecule has 1 atom stereocenters. The average Bonchev–Trinajstić information content (AvgIpc) is 3.20.